The smallest absolute Gasteiger partial charge is 0.228 e. The fourth-order valence-corrected chi connectivity index (χ4v) is 5.21. The van der Waals surface area contributed by atoms with Gasteiger partial charge < -0.3 is 10.1 Å². The number of ether oxygens (including phenoxy) is 1. The van der Waals surface area contributed by atoms with E-state index in [-0.39, 0.29) is 18.2 Å². The lowest BCUT2D eigenvalue weighted by Gasteiger charge is -2.31. The van der Waals surface area contributed by atoms with Gasteiger partial charge in [-0.2, -0.15) is 0 Å². The molecule has 1 heterocycles. The Labute approximate surface area is 182 Å². The van der Waals surface area contributed by atoms with Crippen LogP contribution in [0.15, 0.2) is 61.2 Å². The van der Waals surface area contributed by atoms with Crippen LogP contribution in [0.5, 0.6) is 5.75 Å². The van der Waals surface area contributed by atoms with E-state index >= 15 is 0 Å². The van der Waals surface area contributed by atoms with Gasteiger partial charge in [0.25, 0.3) is 0 Å². The van der Waals surface area contributed by atoms with Gasteiger partial charge in [-0.15, -0.1) is 0 Å². The standard InChI is InChI=1S/C22H25ClN2O4S/c1-2-12-29-21-10-4-9-20(14-21)24-22(26)18-7-5-11-25(15-18)30(27,28)16-17-6-3-8-19(23)13-17/h2-4,6,8-10,13-14,18H,1,5,7,11-12,15-16H2,(H,24,26)/t18-/m1/s1. The molecule has 1 atom stereocenters. The molecule has 160 valence electrons. The molecule has 1 aliphatic rings. The van der Waals surface area contributed by atoms with Gasteiger partial charge in [0.1, 0.15) is 12.4 Å². The average molecular weight is 449 g/mol. The molecule has 1 amide bonds. The molecule has 1 aliphatic heterocycles. The minimum absolute atomic E-state index is 0.134. The first-order valence-electron chi connectivity index (χ1n) is 9.74. The highest BCUT2D eigenvalue weighted by atomic mass is 35.5. The Balaban J connectivity index is 1.63. The first-order chi connectivity index (χ1) is 14.4. The number of nitrogens with one attached hydrogen (secondary N) is 1. The Kier molecular flexibility index (Phi) is 7.53. The highest BCUT2D eigenvalue weighted by molar-refractivity contribution is 7.88. The summed E-state index contributed by atoms with van der Waals surface area (Å²) in [6, 6.07) is 13.9. The molecule has 0 aromatic heterocycles. The molecule has 2 aromatic carbocycles. The van der Waals surface area contributed by atoms with Crippen LogP contribution >= 0.6 is 11.6 Å². The van der Waals surface area contributed by atoms with Crippen LogP contribution in [0.1, 0.15) is 18.4 Å². The SMILES string of the molecule is C=CCOc1cccc(NC(=O)[C@@H]2CCCN(S(=O)(=O)Cc3cccc(Cl)c3)C2)c1. The number of hydrogen-bond acceptors (Lipinski definition) is 4. The summed E-state index contributed by atoms with van der Waals surface area (Å²) in [4.78, 5) is 12.8. The van der Waals surface area contributed by atoms with Crippen LogP contribution in [0.25, 0.3) is 0 Å². The third kappa shape index (κ3) is 6.08. The van der Waals surface area contributed by atoms with Crippen molar-refractivity contribution in [3.8, 4) is 5.75 Å². The Morgan fingerprint density at radius 3 is 2.83 bits per heavy atom. The number of carbonyl (C=O) groups excluding carboxylic acids is 1. The maximum atomic E-state index is 12.9. The Hall–Kier alpha value is -2.35. The van der Waals surface area contributed by atoms with E-state index in [0.29, 0.717) is 48.0 Å². The molecule has 3 rings (SSSR count). The zero-order chi connectivity index (χ0) is 21.6. The number of nitrogens with zero attached hydrogens (tertiary/aromatic N) is 1. The van der Waals surface area contributed by atoms with Crippen LogP contribution in [-0.4, -0.2) is 38.3 Å². The molecule has 6 nitrogen and oxygen atoms in total. The lowest BCUT2D eigenvalue weighted by Crippen LogP contribution is -2.44. The van der Waals surface area contributed by atoms with Gasteiger partial charge in [0.2, 0.25) is 15.9 Å². The highest BCUT2D eigenvalue weighted by Crippen LogP contribution is 2.24. The van der Waals surface area contributed by atoms with E-state index in [2.05, 4.69) is 11.9 Å². The third-order valence-electron chi connectivity index (χ3n) is 4.86. The van der Waals surface area contributed by atoms with Crippen LogP contribution in [-0.2, 0) is 20.6 Å². The molecule has 0 spiro atoms. The van der Waals surface area contributed by atoms with Gasteiger partial charge in [0.15, 0.2) is 0 Å². The van der Waals surface area contributed by atoms with Gasteiger partial charge in [-0.05, 0) is 42.7 Å². The first kappa shape index (κ1) is 22.3. The molecule has 1 fully saturated rings. The predicted octanol–water partition coefficient (Wildman–Crippen LogP) is 4.09. The van der Waals surface area contributed by atoms with E-state index in [1.165, 1.54) is 4.31 Å². The van der Waals surface area contributed by atoms with Crippen molar-refractivity contribution >= 4 is 33.2 Å². The molecule has 8 heteroatoms. The van der Waals surface area contributed by atoms with Crippen molar-refractivity contribution in [3.05, 3.63) is 71.8 Å². The molecule has 0 aliphatic carbocycles. The monoisotopic (exact) mass is 448 g/mol. The van der Waals surface area contributed by atoms with Crippen molar-refractivity contribution in [3.63, 3.8) is 0 Å². The second-order valence-corrected chi connectivity index (χ2v) is 9.61. The number of amides is 1. The lowest BCUT2D eigenvalue weighted by atomic mass is 9.98. The largest absolute Gasteiger partial charge is 0.489 e. The van der Waals surface area contributed by atoms with Crippen molar-refractivity contribution in [2.45, 2.75) is 18.6 Å². The minimum Gasteiger partial charge on any atom is -0.489 e. The predicted molar refractivity (Wildman–Crippen MR) is 119 cm³/mol. The summed E-state index contributed by atoms with van der Waals surface area (Å²) >= 11 is 5.97. The number of carbonyl (C=O) groups is 1. The fraction of sp³-hybridized carbons (Fsp3) is 0.318. The number of benzene rings is 2. The maximum Gasteiger partial charge on any atom is 0.228 e. The fourth-order valence-electron chi connectivity index (χ4n) is 3.40. The summed E-state index contributed by atoms with van der Waals surface area (Å²) in [7, 11) is -3.54. The molecule has 2 aromatic rings. The summed E-state index contributed by atoms with van der Waals surface area (Å²) in [6.07, 6.45) is 2.92. The first-order valence-corrected chi connectivity index (χ1v) is 11.7. The van der Waals surface area contributed by atoms with Gasteiger partial charge in [-0.3, -0.25) is 4.79 Å². The van der Waals surface area contributed by atoms with E-state index < -0.39 is 15.9 Å². The average Bonchev–Trinajstić information content (AvgIpc) is 2.72. The number of rotatable bonds is 8. The molecular formula is C22H25ClN2O4S. The molecule has 30 heavy (non-hydrogen) atoms. The van der Waals surface area contributed by atoms with Crippen molar-refractivity contribution < 1.29 is 17.9 Å². The molecule has 1 saturated heterocycles. The number of piperidine rings is 1. The zero-order valence-corrected chi connectivity index (χ0v) is 18.2. The van der Waals surface area contributed by atoms with Crippen LogP contribution in [0, 0.1) is 5.92 Å². The Bertz CT molecular complexity index is 1010. The molecule has 0 saturated carbocycles. The van der Waals surface area contributed by atoms with Crippen LogP contribution < -0.4 is 10.1 Å². The lowest BCUT2D eigenvalue weighted by molar-refractivity contribution is -0.120. The molecular weight excluding hydrogens is 424 g/mol. The number of hydrogen-bond donors (Lipinski definition) is 1. The maximum absolute atomic E-state index is 12.9. The Morgan fingerprint density at radius 1 is 1.27 bits per heavy atom. The van der Waals surface area contributed by atoms with E-state index in [0.717, 1.165) is 0 Å². The van der Waals surface area contributed by atoms with E-state index in [1.807, 2.05) is 0 Å². The zero-order valence-electron chi connectivity index (χ0n) is 16.6. The van der Waals surface area contributed by atoms with Crippen LogP contribution in [0.3, 0.4) is 0 Å². The van der Waals surface area contributed by atoms with Gasteiger partial charge in [-0.1, -0.05) is 42.5 Å². The van der Waals surface area contributed by atoms with Crippen molar-refractivity contribution in [1.29, 1.82) is 0 Å². The number of anilines is 1. The topological polar surface area (TPSA) is 75.7 Å². The summed E-state index contributed by atoms with van der Waals surface area (Å²) < 4.78 is 32.6. The summed E-state index contributed by atoms with van der Waals surface area (Å²) in [6.45, 7) is 4.57. The second kappa shape index (κ2) is 10.1. The molecule has 1 N–H and O–H groups in total. The summed E-state index contributed by atoms with van der Waals surface area (Å²) in [5.74, 6) is -0.115. The van der Waals surface area contributed by atoms with Crippen molar-refractivity contribution in [2.24, 2.45) is 5.92 Å². The summed E-state index contributed by atoms with van der Waals surface area (Å²) in [5, 5.41) is 3.37. The molecule has 0 unspecified atom stereocenters. The van der Waals surface area contributed by atoms with Gasteiger partial charge >= 0.3 is 0 Å². The van der Waals surface area contributed by atoms with Gasteiger partial charge in [0.05, 0.1) is 11.7 Å². The highest BCUT2D eigenvalue weighted by Gasteiger charge is 2.32. The van der Waals surface area contributed by atoms with Crippen LogP contribution in [0.2, 0.25) is 5.02 Å². The molecule has 0 radical (unpaired) electrons. The normalized spacial score (nSPS) is 17.3. The van der Waals surface area contributed by atoms with Gasteiger partial charge in [0, 0.05) is 29.9 Å². The van der Waals surface area contributed by atoms with Gasteiger partial charge in [-0.25, -0.2) is 12.7 Å². The second-order valence-electron chi connectivity index (χ2n) is 7.20. The van der Waals surface area contributed by atoms with E-state index in [1.54, 1.807) is 54.6 Å². The quantitative estimate of drug-likeness (QED) is 0.617. The van der Waals surface area contributed by atoms with Crippen molar-refractivity contribution in [1.82, 2.24) is 4.31 Å². The minimum atomic E-state index is -3.54. The van der Waals surface area contributed by atoms with Crippen molar-refractivity contribution in [2.75, 3.05) is 25.0 Å². The number of halogens is 1. The number of sulfonamides is 1. The van der Waals surface area contributed by atoms with Crippen LogP contribution in [0.4, 0.5) is 5.69 Å². The Morgan fingerprint density at radius 2 is 2.07 bits per heavy atom. The van der Waals surface area contributed by atoms with E-state index in [4.69, 9.17) is 16.3 Å². The summed E-state index contributed by atoms with van der Waals surface area (Å²) in [5.41, 5.74) is 1.24. The molecule has 0 bridgehead atoms. The van der Waals surface area contributed by atoms with E-state index in [9.17, 15) is 13.2 Å². The third-order valence-corrected chi connectivity index (χ3v) is 6.91.